The maximum Gasteiger partial charge on any atom is 0.356 e. The van der Waals surface area contributed by atoms with Gasteiger partial charge in [0.15, 0.2) is 11.4 Å². The lowest BCUT2D eigenvalue weighted by Crippen LogP contribution is -2.07. The fourth-order valence-corrected chi connectivity index (χ4v) is 3.58. The average molecular weight is 478 g/mol. The van der Waals surface area contributed by atoms with Crippen LogP contribution in [0.5, 0.6) is 11.5 Å². The Morgan fingerprint density at radius 2 is 1.48 bits per heavy atom. The zero-order chi connectivity index (χ0) is 21.6. The van der Waals surface area contributed by atoms with Gasteiger partial charge in [-0.2, -0.15) is 0 Å². The van der Waals surface area contributed by atoms with Crippen molar-refractivity contribution < 1.29 is 19.0 Å². The van der Waals surface area contributed by atoms with E-state index in [-0.39, 0.29) is 5.69 Å². The zero-order valence-electron chi connectivity index (χ0n) is 16.9. The molecule has 4 aromatic rings. The first-order valence-corrected chi connectivity index (χ1v) is 10.5. The van der Waals surface area contributed by atoms with Crippen LogP contribution in [-0.4, -0.2) is 18.1 Å². The molecule has 3 aromatic carbocycles. The molecule has 0 bridgehead atoms. The van der Waals surface area contributed by atoms with E-state index in [0.29, 0.717) is 30.2 Å². The number of nitrogens with zero attached hydrogens (tertiary/aromatic N) is 1. The monoisotopic (exact) mass is 477 g/mol. The third kappa shape index (κ3) is 4.86. The van der Waals surface area contributed by atoms with Crippen LogP contribution in [0.1, 0.15) is 21.6 Å². The summed E-state index contributed by atoms with van der Waals surface area (Å²) in [5.41, 5.74) is 2.72. The first kappa shape index (κ1) is 20.9. The van der Waals surface area contributed by atoms with Crippen LogP contribution < -0.4 is 9.47 Å². The topological polar surface area (TPSA) is 57.7 Å². The molecule has 156 valence electrons. The average Bonchev–Trinajstić information content (AvgIpc) is 2.82. The van der Waals surface area contributed by atoms with Crippen molar-refractivity contribution in [2.45, 2.75) is 13.2 Å². The molecule has 0 radical (unpaired) electrons. The lowest BCUT2D eigenvalue weighted by atomic mass is 10.1. The summed E-state index contributed by atoms with van der Waals surface area (Å²) in [6, 6.07) is 25.1. The second-order valence-corrected chi connectivity index (χ2v) is 7.67. The summed E-state index contributed by atoms with van der Waals surface area (Å²) in [5.74, 6) is 0.531. The normalized spacial score (nSPS) is 10.6. The van der Waals surface area contributed by atoms with Crippen LogP contribution in [0.2, 0.25) is 0 Å². The molecule has 0 saturated heterocycles. The number of fused-ring (bicyclic) bond motifs is 1. The van der Waals surface area contributed by atoms with Crippen LogP contribution >= 0.6 is 15.9 Å². The van der Waals surface area contributed by atoms with E-state index in [1.165, 1.54) is 7.11 Å². The first-order chi connectivity index (χ1) is 15.2. The van der Waals surface area contributed by atoms with Crippen LogP contribution in [0.15, 0.2) is 83.3 Å². The minimum Gasteiger partial charge on any atom is -0.488 e. The van der Waals surface area contributed by atoms with Crippen LogP contribution in [0.25, 0.3) is 10.9 Å². The van der Waals surface area contributed by atoms with Gasteiger partial charge in [0, 0.05) is 11.5 Å². The number of carbonyl (C=O) groups is 1. The van der Waals surface area contributed by atoms with Gasteiger partial charge in [-0.3, -0.25) is 0 Å². The second-order valence-electron chi connectivity index (χ2n) is 6.82. The fraction of sp³-hybridized carbons (Fsp3) is 0.120. The van der Waals surface area contributed by atoms with Gasteiger partial charge in [-0.05, 0) is 39.2 Å². The molecule has 0 N–H and O–H groups in total. The molecule has 0 aliphatic carbocycles. The van der Waals surface area contributed by atoms with Gasteiger partial charge in [-0.25, -0.2) is 9.78 Å². The van der Waals surface area contributed by atoms with E-state index < -0.39 is 5.97 Å². The molecular formula is C25H20BrNO4. The summed E-state index contributed by atoms with van der Waals surface area (Å²) in [5, 5.41) is 0.745. The van der Waals surface area contributed by atoms with Crippen LogP contribution in [-0.2, 0) is 18.0 Å². The Balaban J connectivity index is 1.74. The summed E-state index contributed by atoms with van der Waals surface area (Å²) in [6.45, 7) is 0.722. The molecule has 1 aromatic heterocycles. The largest absolute Gasteiger partial charge is 0.488 e. The maximum atomic E-state index is 12.3. The Kier molecular flexibility index (Phi) is 6.48. The number of carbonyl (C=O) groups excluding carboxylic acids is 1. The van der Waals surface area contributed by atoms with Crippen LogP contribution in [0.4, 0.5) is 0 Å². The summed E-state index contributed by atoms with van der Waals surface area (Å²) in [4.78, 5) is 16.8. The predicted molar refractivity (Wildman–Crippen MR) is 122 cm³/mol. The zero-order valence-corrected chi connectivity index (χ0v) is 18.5. The van der Waals surface area contributed by atoms with Crippen molar-refractivity contribution in [2.24, 2.45) is 0 Å². The molecule has 0 spiro atoms. The van der Waals surface area contributed by atoms with E-state index in [1.54, 1.807) is 6.07 Å². The first-order valence-electron chi connectivity index (χ1n) is 9.70. The Hall–Kier alpha value is -3.38. The third-order valence-electron chi connectivity index (χ3n) is 4.71. The van der Waals surface area contributed by atoms with Gasteiger partial charge in [0.2, 0.25) is 0 Å². The Bertz CT molecular complexity index is 1200. The van der Waals surface area contributed by atoms with Gasteiger partial charge in [0.1, 0.15) is 24.5 Å². The predicted octanol–water partition coefficient (Wildman–Crippen LogP) is 5.94. The number of hydrogen-bond donors (Lipinski definition) is 0. The Morgan fingerprint density at radius 1 is 0.871 bits per heavy atom. The highest BCUT2D eigenvalue weighted by Gasteiger charge is 2.18. The number of hydrogen-bond acceptors (Lipinski definition) is 5. The molecule has 0 amide bonds. The molecule has 0 aliphatic heterocycles. The molecular weight excluding hydrogens is 458 g/mol. The molecule has 31 heavy (non-hydrogen) atoms. The standard InChI is InChI=1S/C25H20BrNO4/c1-29-25(28)21-14-22(30-15-17-8-4-2-5-9-17)19-12-13-20(26)24(23(19)27-21)31-16-18-10-6-3-7-11-18/h2-14H,15-16H2,1H3. The van der Waals surface area contributed by atoms with Gasteiger partial charge in [-0.1, -0.05) is 60.7 Å². The Morgan fingerprint density at radius 3 is 2.10 bits per heavy atom. The number of esters is 1. The van der Waals surface area contributed by atoms with Gasteiger partial charge in [0.25, 0.3) is 0 Å². The maximum absolute atomic E-state index is 12.3. The molecule has 0 unspecified atom stereocenters. The SMILES string of the molecule is COC(=O)c1cc(OCc2ccccc2)c2ccc(Br)c(OCc3ccccc3)c2n1. The van der Waals surface area contributed by atoms with Crippen molar-refractivity contribution >= 4 is 32.8 Å². The minimum atomic E-state index is -0.541. The molecule has 1 heterocycles. The molecule has 5 nitrogen and oxygen atoms in total. The van der Waals surface area contributed by atoms with Crippen molar-refractivity contribution in [3.05, 3.63) is 100 Å². The quantitative estimate of drug-likeness (QED) is 0.308. The summed E-state index contributed by atoms with van der Waals surface area (Å²) in [7, 11) is 1.33. The van der Waals surface area contributed by atoms with Crippen molar-refractivity contribution in [3.63, 3.8) is 0 Å². The van der Waals surface area contributed by atoms with E-state index >= 15 is 0 Å². The molecule has 0 aliphatic rings. The van der Waals surface area contributed by atoms with Gasteiger partial charge < -0.3 is 14.2 Å². The molecule has 0 fully saturated rings. The van der Waals surface area contributed by atoms with E-state index in [9.17, 15) is 4.79 Å². The van der Waals surface area contributed by atoms with Gasteiger partial charge >= 0.3 is 5.97 Å². The van der Waals surface area contributed by atoms with Crippen LogP contribution in [0, 0.1) is 0 Å². The fourth-order valence-electron chi connectivity index (χ4n) is 3.14. The lowest BCUT2D eigenvalue weighted by molar-refractivity contribution is 0.0594. The van der Waals surface area contributed by atoms with E-state index in [0.717, 1.165) is 21.0 Å². The number of methoxy groups -OCH3 is 1. The highest BCUT2D eigenvalue weighted by molar-refractivity contribution is 9.10. The van der Waals surface area contributed by atoms with Gasteiger partial charge in [0.05, 0.1) is 11.6 Å². The van der Waals surface area contributed by atoms with Crippen molar-refractivity contribution in [3.8, 4) is 11.5 Å². The number of pyridine rings is 1. The molecule has 6 heteroatoms. The third-order valence-corrected chi connectivity index (χ3v) is 5.33. The van der Waals surface area contributed by atoms with E-state index in [2.05, 4.69) is 20.9 Å². The van der Waals surface area contributed by atoms with Crippen molar-refractivity contribution in [1.82, 2.24) is 4.98 Å². The van der Waals surface area contributed by atoms with E-state index in [4.69, 9.17) is 14.2 Å². The molecule has 0 saturated carbocycles. The van der Waals surface area contributed by atoms with E-state index in [1.807, 2.05) is 72.8 Å². The van der Waals surface area contributed by atoms with Crippen molar-refractivity contribution in [2.75, 3.05) is 7.11 Å². The van der Waals surface area contributed by atoms with Gasteiger partial charge in [-0.15, -0.1) is 0 Å². The number of aromatic nitrogens is 1. The number of rotatable bonds is 7. The minimum absolute atomic E-state index is 0.153. The smallest absolute Gasteiger partial charge is 0.356 e. The number of benzene rings is 3. The van der Waals surface area contributed by atoms with Crippen LogP contribution in [0.3, 0.4) is 0 Å². The molecule has 4 rings (SSSR count). The Labute approximate surface area is 188 Å². The summed E-state index contributed by atoms with van der Waals surface area (Å²) in [6.07, 6.45) is 0. The second kappa shape index (κ2) is 9.62. The number of halogens is 1. The number of ether oxygens (including phenoxy) is 3. The lowest BCUT2D eigenvalue weighted by Gasteiger charge is -2.15. The summed E-state index contributed by atoms with van der Waals surface area (Å²) < 4.78 is 17.8. The summed E-state index contributed by atoms with van der Waals surface area (Å²) >= 11 is 3.55. The van der Waals surface area contributed by atoms with Crippen molar-refractivity contribution in [1.29, 1.82) is 0 Å². The highest BCUT2D eigenvalue weighted by Crippen LogP contribution is 2.38. The molecule has 0 atom stereocenters. The highest BCUT2D eigenvalue weighted by atomic mass is 79.9.